The van der Waals surface area contributed by atoms with E-state index >= 15 is 0 Å². The average molecular weight is 912 g/mol. The molecule has 16 atom stereocenters. The van der Waals surface area contributed by atoms with Gasteiger partial charge in [0.2, 0.25) is 5.79 Å². The normalized spacial score (nSPS) is 43.8. The second kappa shape index (κ2) is 22.6. The van der Waals surface area contributed by atoms with Crippen molar-refractivity contribution in [2.75, 3.05) is 27.9 Å². The summed E-state index contributed by atoms with van der Waals surface area (Å²) in [5, 5.41) is 34.2. The van der Waals surface area contributed by atoms with Gasteiger partial charge in [-0.3, -0.25) is 19.2 Å². The number of rotatable bonds is 5. The van der Waals surface area contributed by atoms with Crippen molar-refractivity contribution < 1.29 is 63.0 Å². The summed E-state index contributed by atoms with van der Waals surface area (Å²) in [5.41, 5.74) is -0.330. The highest BCUT2D eigenvalue weighted by atomic mass is 16.6. The Balaban J connectivity index is 1.53. The predicted molar refractivity (Wildman–Crippen MR) is 243 cm³/mol. The van der Waals surface area contributed by atoms with Gasteiger partial charge in [0.15, 0.2) is 5.78 Å². The minimum Gasteiger partial charge on any atom is -0.460 e. The van der Waals surface area contributed by atoms with Crippen LogP contribution >= 0.6 is 0 Å². The Morgan fingerprint density at radius 1 is 0.846 bits per heavy atom. The van der Waals surface area contributed by atoms with E-state index in [-0.39, 0.29) is 36.4 Å². The van der Waals surface area contributed by atoms with E-state index in [9.17, 15) is 39.3 Å². The molecule has 3 unspecified atom stereocenters. The first-order chi connectivity index (χ1) is 30.7. The molecule has 5 rings (SSSR count). The fourth-order valence-corrected chi connectivity index (χ4v) is 11.3. The van der Waals surface area contributed by atoms with E-state index in [1.54, 1.807) is 48.0 Å². The fourth-order valence-electron chi connectivity index (χ4n) is 11.3. The number of aliphatic hydroxyl groups is 3. The second-order valence-electron chi connectivity index (χ2n) is 20.1. The van der Waals surface area contributed by atoms with E-state index in [1.165, 1.54) is 12.0 Å². The fraction of sp³-hybridized carbons (Fsp3) is 0.745. The van der Waals surface area contributed by atoms with E-state index in [4.69, 9.17) is 23.7 Å². The number of Topliss-reactive ketones (excluding diaryl/α,β-unsaturated/α-hetero) is 3. The lowest BCUT2D eigenvalue weighted by molar-refractivity contribution is -0.266. The number of amides is 1. The molecule has 0 aromatic carbocycles. The maximum Gasteiger partial charge on any atom is 0.332 e. The lowest BCUT2D eigenvalue weighted by Crippen LogP contribution is -2.71. The molecule has 4 aliphatic heterocycles. The molecule has 14 nitrogen and oxygen atoms in total. The molecule has 65 heavy (non-hydrogen) atoms. The Labute approximate surface area is 386 Å². The largest absolute Gasteiger partial charge is 0.460 e. The molecule has 14 heteroatoms. The Bertz CT molecular complexity index is 1840. The molecule has 3 N–H and O–H groups in total. The van der Waals surface area contributed by atoms with Gasteiger partial charge in [0, 0.05) is 64.4 Å². The number of hydrogen-bond donors (Lipinski definition) is 3. The summed E-state index contributed by atoms with van der Waals surface area (Å²) in [4.78, 5) is 72.8. The van der Waals surface area contributed by atoms with Gasteiger partial charge in [0.25, 0.3) is 11.7 Å². The number of nitrogens with zero attached hydrogens (tertiary/aromatic N) is 1. The van der Waals surface area contributed by atoms with Crippen LogP contribution < -0.4 is 0 Å². The smallest absolute Gasteiger partial charge is 0.332 e. The standard InChI is InChI=1S/C51H77NO13/c1-29-15-12-11-13-16-30(2)41(61-8)27-36-20-18-34(6)51(60,65-36)47(57)48(58)52-22-14-17-38-37(25-35-19-21-39(53)43(26-35)62-9)42(64-49(59)50(38,52)7)28-40(54)31(3)24-33(5)45(56)46(63-10)44(55)32(4)23-29/h11-13,15-16,24,29,31-32,34-39,41-43,45-46,53,56,60H,14,17-23,25-28H2,1-10H3/b13-11+,15-12+,30-16+,33-24+/t29?,31?,32-,34-,35+,36+,37?,38-,39-,41+,42+,43-,45-,46+,50+,51-/m1/s1. The van der Waals surface area contributed by atoms with Crippen LogP contribution in [0.3, 0.4) is 0 Å². The quantitative estimate of drug-likeness (QED) is 0.171. The highest BCUT2D eigenvalue weighted by Crippen LogP contribution is 2.50. The summed E-state index contributed by atoms with van der Waals surface area (Å²) in [6, 6.07) is 0. The number of fused-ring (bicyclic) bond motifs is 4. The molecular weight excluding hydrogens is 835 g/mol. The molecule has 0 spiro atoms. The number of methoxy groups -OCH3 is 3. The Hall–Kier alpha value is -3.37. The lowest BCUT2D eigenvalue weighted by Gasteiger charge is -2.56. The van der Waals surface area contributed by atoms with Gasteiger partial charge in [-0.05, 0) is 107 Å². The predicted octanol–water partition coefficient (Wildman–Crippen LogP) is 5.79. The van der Waals surface area contributed by atoms with E-state index in [0.29, 0.717) is 69.8 Å². The van der Waals surface area contributed by atoms with E-state index in [0.717, 1.165) is 5.57 Å². The molecule has 0 radical (unpaired) electrons. The molecule has 0 aromatic heterocycles. The minimum absolute atomic E-state index is 0.0209. The lowest BCUT2D eigenvalue weighted by atomic mass is 9.63. The molecular formula is C51H77NO13. The topological polar surface area (TPSA) is 195 Å². The first-order valence-corrected chi connectivity index (χ1v) is 23.9. The van der Waals surface area contributed by atoms with Crippen LogP contribution in [0.15, 0.2) is 47.6 Å². The summed E-state index contributed by atoms with van der Waals surface area (Å²) in [7, 11) is 4.53. The van der Waals surface area contributed by atoms with Crippen LogP contribution in [-0.2, 0) is 47.7 Å². The van der Waals surface area contributed by atoms with Gasteiger partial charge < -0.3 is 43.9 Å². The van der Waals surface area contributed by atoms with Gasteiger partial charge in [-0.2, -0.15) is 0 Å². The van der Waals surface area contributed by atoms with Crippen molar-refractivity contribution in [2.45, 2.75) is 173 Å². The van der Waals surface area contributed by atoms with Gasteiger partial charge >= 0.3 is 5.97 Å². The van der Waals surface area contributed by atoms with Crippen LogP contribution in [0.2, 0.25) is 0 Å². The number of ketones is 3. The molecule has 0 aromatic rings. The number of carbonyl (C=O) groups excluding carboxylic acids is 5. The average Bonchev–Trinajstić information content (AvgIpc) is 3.27. The summed E-state index contributed by atoms with van der Waals surface area (Å²) in [6.07, 6.45) is 10.6. The zero-order valence-corrected chi connectivity index (χ0v) is 40.4. The van der Waals surface area contributed by atoms with Crippen molar-refractivity contribution in [1.29, 1.82) is 0 Å². The molecule has 5 aliphatic rings. The van der Waals surface area contributed by atoms with Gasteiger partial charge in [-0.1, -0.05) is 64.2 Å². The minimum atomic E-state index is -2.45. The molecule has 1 amide bonds. The summed E-state index contributed by atoms with van der Waals surface area (Å²) < 4.78 is 29.6. The van der Waals surface area contributed by atoms with Crippen LogP contribution in [0.4, 0.5) is 0 Å². The van der Waals surface area contributed by atoms with Crippen LogP contribution in [0.1, 0.15) is 119 Å². The van der Waals surface area contributed by atoms with Crippen LogP contribution in [0.25, 0.3) is 0 Å². The molecule has 1 saturated carbocycles. The first kappa shape index (κ1) is 52.6. The third kappa shape index (κ3) is 11.7. The van der Waals surface area contributed by atoms with Crippen molar-refractivity contribution >= 4 is 29.2 Å². The van der Waals surface area contributed by atoms with Gasteiger partial charge in [-0.25, -0.2) is 4.79 Å². The van der Waals surface area contributed by atoms with Gasteiger partial charge in [0.1, 0.15) is 29.6 Å². The summed E-state index contributed by atoms with van der Waals surface area (Å²) in [6.45, 7) is 12.5. The van der Waals surface area contributed by atoms with Crippen LogP contribution in [-0.4, -0.2) is 131 Å². The number of carbonyl (C=O) groups is 5. The molecule has 3 saturated heterocycles. The van der Waals surface area contributed by atoms with Crippen molar-refractivity contribution in [3.05, 3.63) is 47.6 Å². The maximum atomic E-state index is 14.6. The monoisotopic (exact) mass is 912 g/mol. The second-order valence-corrected chi connectivity index (χ2v) is 20.1. The van der Waals surface area contributed by atoms with Crippen LogP contribution in [0.5, 0.6) is 0 Å². The van der Waals surface area contributed by atoms with Gasteiger partial charge in [0.05, 0.1) is 24.4 Å². The highest BCUT2D eigenvalue weighted by molar-refractivity contribution is 6.39. The van der Waals surface area contributed by atoms with Crippen molar-refractivity contribution in [1.82, 2.24) is 4.90 Å². The Morgan fingerprint density at radius 3 is 2.25 bits per heavy atom. The zero-order valence-electron chi connectivity index (χ0n) is 40.4. The summed E-state index contributed by atoms with van der Waals surface area (Å²) in [5.74, 6) is -8.62. The third-order valence-corrected chi connectivity index (χ3v) is 15.5. The maximum absolute atomic E-state index is 14.6. The summed E-state index contributed by atoms with van der Waals surface area (Å²) >= 11 is 0. The number of allylic oxidation sites excluding steroid dienone is 6. The SMILES string of the molecule is CO[C@H]1C[C@@H]2CC[C@@H](C)[C@@](O)(O2)C(=O)C(=O)N2CCC[C@@H]3C(C[C@@H]4CC[C@@H](O)[C@H](OC)C4)[C@H](CC(=O)C(C)/C=C(\C)[C@@H](O)[C@@H](OC)C(=O)[C@H](C)CC(C)/C=C/C=C/C=C/1C)OC(=O)[C@]32C. The van der Waals surface area contributed by atoms with Crippen molar-refractivity contribution in [2.24, 2.45) is 41.4 Å². The van der Waals surface area contributed by atoms with Crippen molar-refractivity contribution in [3.8, 4) is 0 Å². The highest BCUT2D eigenvalue weighted by Gasteiger charge is 2.62. The van der Waals surface area contributed by atoms with Crippen LogP contribution in [0, 0.1) is 41.4 Å². The number of ether oxygens (including phenoxy) is 5. The molecule has 4 fully saturated rings. The van der Waals surface area contributed by atoms with E-state index in [2.05, 4.69) is 0 Å². The molecule has 4 heterocycles. The molecule has 1 aliphatic carbocycles. The number of hydrogen-bond acceptors (Lipinski definition) is 13. The first-order valence-electron chi connectivity index (χ1n) is 23.9. The van der Waals surface area contributed by atoms with E-state index in [1.807, 2.05) is 51.2 Å². The van der Waals surface area contributed by atoms with Gasteiger partial charge in [-0.15, -0.1) is 0 Å². The Morgan fingerprint density at radius 2 is 1.57 bits per heavy atom. The van der Waals surface area contributed by atoms with E-state index < -0.39 is 101 Å². The molecule has 4 bridgehead atoms. The number of aliphatic hydroxyl groups excluding tert-OH is 2. The molecule has 364 valence electrons. The number of piperidine rings is 1. The van der Waals surface area contributed by atoms with Crippen molar-refractivity contribution in [3.63, 3.8) is 0 Å². The Kier molecular flexibility index (Phi) is 18.3. The third-order valence-electron chi connectivity index (χ3n) is 15.5. The zero-order chi connectivity index (χ0) is 48.0. The number of esters is 1.